The number of carbonyl (C=O) groups excluding carboxylic acids is 1. The van der Waals surface area contributed by atoms with Crippen molar-refractivity contribution in [2.24, 2.45) is 0 Å². The van der Waals surface area contributed by atoms with Gasteiger partial charge in [0.05, 0.1) is 11.9 Å². The predicted molar refractivity (Wildman–Crippen MR) is 104 cm³/mol. The zero-order valence-electron chi connectivity index (χ0n) is 15.3. The molecule has 0 radical (unpaired) electrons. The molecular formula is C21H21N3O3. The van der Waals surface area contributed by atoms with Crippen molar-refractivity contribution >= 4 is 11.6 Å². The SMILES string of the molecule is Cc1ccc(Oc2ccc(NC(=O)CCn3ccccc3=O)cn2)cc1C. The van der Waals surface area contributed by atoms with Gasteiger partial charge in [-0.3, -0.25) is 9.59 Å². The third kappa shape index (κ3) is 5.04. The summed E-state index contributed by atoms with van der Waals surface area (Å²) in [5, 5.41) is 2.77. The lowest BCUT2D eigenvalue weighted by Gasteiger charge is -2.09. The first-order valence-corrected chi connectivity index (χ1v) is 8.68. The molecule has 0 saturated carbocycles. The number of amides is 1. The topological polar surface area (TPSA) is 73.2 Å². The van der Waals surface area contributed by atoms with Crippen molar-refractivity contribution in [2.45, 2.75) is 26.8 Å². The third-order valence-corrected chi connectivity index (χ3v) is 4.20. The maximum absolute atomic E-state index is 12.1. The second-order valence-electron chi connectivity index (χ2n) is 6.26. The van der Waals surface area contributed by atoms with Crippen LogP contribution in [0.3, 0.4) is 0 Å². The number of aromatic nitrogens is 2. The van der Waals surface area contributed by atoms with Crippen LogP contribution in [-0.4, -0.2) is 15.5 Å². The molecule has 2 aromatic heterocycles. The van der Waals surface area contributed by atoms with E-state index in [1.165, 1.54) is 16.2 Å². The second kappa shape index (κ2) is 8.31. The molecule has 27 heavy (non-hydrogen) atoms. The van der Waals surface area contributed by atoms with Crippen molar-refractivity contribution in [3.05, 3.63) is 82.4 Å². The molecule has 6 nitrogen and oxygen atoms in total. The van der Waals surface area contributed by atoms with E-state index in [2.05, 4.69) is 10.3 Å². The molecule has 6 heteroatoms. The van der Waals surface area contributed by atoms with Gasteiger partial charge in [0.1, 0.15) is 5.75 Å². The van der Waals surface area contributed by atoms with E-state index in [9.17, 15) is 9.59 Å². The van der Waals surface area contributed by atoms with Crippen LogP contribution in [0.4, 0.5) is 5.69 Å². The number of nitrogens with one attached hydrogen (secondary N) is 1. The highest BCUT2D eigenvalue weighted by Gasteiger charge is 2.05. The third-order valence-electron chi connectivity index (χ3n) is 4.20. The predicted octanol–water partition coefficient (Wildman–Crippen LogP) is 3.68. The van der Waals surface area contributed by atoms with Gasteiger partial charge >= 0.3 is 0 Å². The van der Waals surface area contributed by atoms with Crippen LogP contribution in [0.5, 0.6) is 11.6 Å². The highest BCUT2D eigenvalue weighted by Crippen LogP contribution is 2.23. The van der Waals surface area contributed by atoms with Gasteiger partial charge in [-0.15, -0.1) is 0 Å². The lowest BCUT2D eigenvalue weighted by atomic mass is 10.1. The maximum atomic E-state index is 12.1. The van der Waals surface area contributed by atoms with Crippen LogP contribution in [0.2, 0.25) is 0 Å². The van der Waals surface area contributed by atoms with Gasteiger partial charge in [-0.25, -0.2) is 4.98 Å². The van der Waals surface area contributed by atoms with Gasteiger partial charge in [-0.1, -0.05) is 12.1 Å². The molecule has 0 aliphatic rings. The van der Waals surface area contributed by atoms with Crippen LogP contribution in [0.15, 0.2) is 65.7 Å². The van der Waals surface area contributed by atoms with Crippen molar-refractivity contribution < 1.29 is 9.53 Å². The van der Waals surface area contributed by atoms with Crippen molar-refractivity contribution in [2.75, 3.05) is 5.32 Å². The molecule has 0 unspecified atom stereocenters. The molecule has 3 aromatic rings. The Morgan fingerprint density at radius 3 is 2.67 bits per heavy atom. The van der Waals surface area contributed by atoms with E-state index >= 15 is 0 Å². The second-order valence-corrected chi connectivity index (χ2v) is 6.26. The number of nitrogens with zero attached hydrogens (tertiary/aromatic N) is 2. The number of ether oxygens (including phenoxy) is 1. The molecule has 1 N–H and O–H groups in total. The quantitative estimate of drug-likeness (QED) is 0.725. The number of rotatable bonds is 6. The molecule has 0 bridgehead atoms. The average molecular weight is 363 g/mol. The highest BCUT2D eigenvalue weighted by molar-refractivity contribution is 5.90. The summed E-state index contributed by atoms with van der Waals surface area (Å²) in [6, 6.07) is 14.2. The van der Waals surface area contributed by atoms with Crippen LogP contribution in [0.1, 0.15) is 17.5 Å². The zero-order valence-corrected chi connectivity index (χ0v) is 15.3. The molecular weight excluding hydrogens is 342 g/mol. The first kappa shape index (κ1) is 18.4. The fraction of sp³-hybridized carbons (Fsp3) is 0.190. The van der Waals surface area contributed by atoms with Crippen LogP contribution in [-0.2, 0) is 11.3 Å². The summed E-state index contributed by atoms with van der Waals surface area (Å²) < 4.78 is 7.23. The minimum atomic E-state index is -0.185. The fourth-order valence-corrected chi connectivity index (χ4v) is 2.50. The normalized spacial score (nSPS) is 10.4. The Bertz CT molecular complexity index is 994. The Morgan fingerprint density at radius 1 is 1.11 bits per heavy atom. The van der Waals surface area contributed by atoms with Crippen molar-refractivity contribution in [3.8, 4) is 11.6 Å². The molecule has 0 aliphatic heterocycles. The summed E-state index contributed by atoms with van der Waals surface area (Å²) in [4.78, 5) is 27.9. The summed E-state index contributed by atoms with van der Waals surface area (Å²) >= 11 is 0. The number of hydrogen-bond acceptors (Lipinski definition) is 4. The molecule has 3 rings (SSSR count). The van der Waals surface area contributed by atoms with Crippen LogP contribution in [0, 0.1) is 13.8 Å². The van der Waals surface area contributed by atoms with Crippen molar-refractivity contribution in [1.29, 1.82) is 0 Å². The Morgan fingerprint density at radius 2 is 1.96 bits per heavy atom. The molecule has 2 heterocycles. The number of carbonyl (C=O) groups is 1. The van der Waals surface area contributed by atoms with E-state index in [0.29, 0.717) is 18.1 Å². The molecule has 0 atom stereocenters. The molecule has 138 valence electrons. The first-order valence-electron chi connectivity index (χ1n) is 8.68. The van der Waals surface area contributed by atoms with Gasteiger partial charge in [0.15, 0.2) is 0 Å². The number of aryl methyl sites for hydroxylation is 3. The minimum absolute atomic E-state index is 0.125. The van der Waals surface area contributed by atoms with Gasteiger partial charge in [-0.2, -0.15) is 0 Å². The first-order chi connectivity index (χ1) is 13.0. The van der Waals surface area contributed by atoms with Gasteiger partial charge in [0, 0.05) is 31.3 Å². The summed E-state index contributed by atoms with van der Waals surface area (Å²) in [5.74, 6) is 0.984. The van der Waals surface area contributed by atoms with Crippen LogP contribution >= 0.6 is 0 Å². The number of hydrogen-bond donors (Lipinski definition) is 1. The molecule has 0 aliphatic carbocycles. The van der Waals surface area contributed by atoms with E-state index in [1.54, 1.807) is 36.7 Å². The molecule has 1 amide bonds. The molecule has 0 fully saturated rings. The zero-order chi connectivity index (χ0) is 19.2. The number of anilines is 1. The number of benzene rings is 1. The Balaban J connectivity index is 1.55. The van der Waals surface area contributed by atoms with Crippen molar-refractivity contribution in [1.82, 2.24) is 9.55 Å². The van der Waals surface area contributed by atoms with Gasteiger partial charge < -0.3 is 14.6 Å². The monoisotopic (exact) mass is 363 g/mol. The van der Waals surface area contributed by atoms with E-state index in [-0.39, 0.29) is 17.9 Å². The Labute approximate surface area is 157 Å². The van der Waals surface area contributed by atoms with Crippen molar-refractivity contribution in [3.63, 3.8) is 0 Å². The van der Waals surface area contributed by atoms with E-state index < -0.39 is 0 Å². The van der Waals surface area contributed by atoms with Crippen LogP contribution < -0.4 is 15.6 Å². The van der Waals surface area contributed by atoms with Gasteiger partial charge in [0.25, 0.3) is 5.56 Å². The minimum Gasteiger partial charge on any atom is -0.439 e. The lowest BCUT2D eigenvalue weighted by molar-refractivity contribution is -0.116. The highest BCUT2D eigenvalue weighted by atomic mass is 16.5. The lowest BCUT2D eigenvalue weighted by Crippen LogP contribution is -2.21. The van der Waals surface area contributed by atoms with Gasteiger partial charge in [-0.05, 0) is 49.2 Å². The molecule has 0 spiro atoms. The van der Waals surface area contributed by atoms with E-state index in [0.717, 1.165) is 11.3 Å². The summed E-state index contributed by atoms with van der Waals surface area (Å²) in [5.41, 5.74) is 2.80. The Hall–Kier alpha value is -3.41. The smallest absolute Gasteiger partial charge is 0.250 e. The Kier molecular flexibility index (Phi) is 5.66. The van der Waals surface area contributed by atoms with Gasteiger partial charge in [0.2, 0.25) is 11.8 Å². The van der Waals surface area contributed by atoms with E-state index in [4.69, 9.17) is 4.74 Å². The maximum Gasteiger partial charge on any atom is 0.250 e. The molecule has 1 aromatic carbocycles. The summed E-state index contributed by atoms with van der Waals surface area (Å²) in [6.07, 6.45) is 3.41. The largest absolute Gasteiger partial charge is 0.439 e. The average Bonchev–Trinajstić information content (AvgIpc) is 2.66. The number of pyridine rings is 2. The van der Waals surface area contributed by atoms with Crippen LogP contribution in [0.25, 0.3) is 0 Å². The summed E-state index contributed by atoms with van der Waals surface area (Å²) in [6.45, 7) is 4.40. The summed E-state index contributed by atoms with van der Waals surface area (Å²) in [7, 11) is 0. The molecule has 0 saturated heterocycles. The fourth-order valence-electron chi connectivity index (χ4n) is 2.50. The van der Waals surface area contributed by atoms with E-state index in [1.807, 2.05) is 32.0 Å². The standard InChI is InChI=1S/C21H21N3O3/c1-15-6-8-18(13-16(15)2)27-20-9-7-17(14-22-20)23-19(25)10-12-24-11-4-3-5-21(24)26/h3-9,11,13-14H,10,12H2,1-2H3,(H,23,25).